The third-order valence-electron chi connectivity index (χ3n) is 11.3. The van der Waals surface area contributed by atoms with Crippen LogP contribution in [-0.4, -0.2) is 66.5 Å². The van der Waals surface area contributed by atoms with E-state index in [0.29, 0.717) is 25.7 Å². The number of allylic oxidation sites excluding steroid dienone is 24. The number of phosphoric acid groups is 1. The van der Waals surface area contributed by atoms with E-state index in [4.69, 9.17) is 23.3 Å². The van der Waals surface area contributed by atoms with Crippen molar-refractivity contribution < 1.29 is 52.2 Å². The molecule has 11 nitrogen and oxygen atoms in total. The highest BCUT2D eigenvalue weighted by Gasteiger charge is 2.28. The van der Waals surface area contributed by atoms with E-state index in [1.165, 1.54) is 38.5 Å². The Bertz CT molecular complexity index is 1830. The van der Waals surface area contributed by atoms with Crippen molar-refractivity contribution in [3.05, 3.63) is 146 Å². The average Bonchev–Trinajstić information content (AvgIpc) is 3.41. The zero-order valence-corrected chi connectivity index (χ0v) is 48.0. The van der Waals surface area contributed by atoms with Gasteiger partial charge in [-0.25, -0.2) is 4.57 Å². The molecule has 0 amide bonds. The van der Waals surface area contributed by atoms with Crippen LogP contribution in [0, 0.1) is 0 Å². The molecule has 0 radical (unpaired) electrons. The van der Waals surface area contributed by atoms with E-state index in [1.54, 1.807) is 0 Å². The molecular weight excluding hydrogens is 976 g/mol. The van der Waals surface area contributed by atoms with Crippen molar-refractivity contribution in [2.75, 3.05) is 26.4 Å². The molecule has 3 atom stereocenters. The number of carbonyl (C=O) groups is 3. The first kappa shape index (κ1) is 71.4. The molecule has 0 fully saturated rings. The molecule has 0 spiro atoms. The van der Waals surface area contributed by atoms with Gasteiger partial charge in [0.15, 0.2) is 6.10 Å². The van der Waals surface area contributed by atoms with Crippen LogP contribution in [0.1, 0.15) is 201 Å². The Balaban J connectivity index is 4.94. The summed E-state index contributed by atoms with van der Waals surface area (Å²) in [6, 6.07) is 0. The zero-order chi connectivity index (χ0) is 55.5. The number of unbranched alkanes of at least 4 members (excludes halogenated alkanes) is 10. The van der Waals surface area contributed by atoms with Gasteiger partial charge in [0.05, 0.1) is 19.8 Å². The van der Waals surface area contributed by atoms with Crippen molar-refractivity contribution in [3.8, 4) is 0 Å². The Morgan fingerprint density at radius 2 is 0.711 bits per heavy atom. The summed E-state index contributed by atoms with van der Waals surface area (Å²) in [4.78, 5) is 48.5. The predicted octanol–water partition coefficient (Wildman–Crippen LogP) is 17.1. The summed E-state index contributed by atoms with van der Waals surface area (Å²) in [5, 5.41) is 9.79. The smallest absolute Gasteiger partial charge is 0.462 e. The van der Waals surface area contributed by atoms with Gasteiger partial charge in [-0.3, -0.25) is 23.4 Å². The summed E-state index contributed by atoms with van der Waals surface area (Å²) >= 11 is 0. The van der Waals surface area contributed by atoms with E-state index in [-0.39, 0.29) is 25.9 Å². The number of ether oxygens (including phenoxy) is 3. The van der Waals surface area contributed by atoms with Gasteiger partial charge >= 0.3 is 25.7 Å². The van der Waals surface area contributed by atoms with Crippen LogP contribution in [0.15, 0.2) is 146 Å². The van der Waals surface area contributed by atoms with Crippen molar-refractivity contribution in [2.24, 2.45) is 0 Å². The first-order chi connectivity index (χ1) is 37.2. The van der Waals surface area contributed by atoms with Gasteiger partial charge in [-0.2, -0.15) is 0 Å². The molecule has 76 heavy (non-hydrogen) atoms. The SMILES string of the molecule is CC/C=C\C/C=C\C/C=C\C/C=C\C/C=C\C/C=C\CCC(=O)OC(COC(=O)CCCCCCCCC/C=C\C/C=C\CCCCC)COP(=O)(O)OCC(CO)OC(=O)CC/C=C\C/C=C\C/C=C\C/C=C\CC. The summed E-state index contributed by atoms with van der Waals surface area (Å²) in [5.74, 6) is -1.68. The number of aliphatic hydroxyl groups is 1. The van der Waals surface area contributed by atoms with Crippen LogP contribution in [0.25, 0.3) is 0 Å². The largest absolute Gasteiger partial charge is 0.472 e. The standard InChI is InChI=1S/C64H101O11P/c1-4-7-10-13-16-19-22-25-27-29-30-32-34-37-40-43-46-49-52-55-64(68)75-61(57-71-62(66)53-50-47-44-41-38-36-33-31-28-26-23-20-17-14-11-8-5-2)59-73-76(69,70)72-58-60(56-65)74-63(67)54-51-48-45-42-39-35-24-21-18-15-12-9-6-3/h7,9-10,12,16-21,25-28,30,32,35,37,39-40,45-46,48-49,60-61,65H,4-6,8,11,13-15,22-24,29,31,33-34,36,38,41-44,47,50-59H2,1-3H3,(H,69,70)/b10-7-,12-9-,19-16-,20-17-,21-18-,27-25-,28-26-,32-30-,39-35-,40-37-,48-45-,49-46-. The molecule has 0 saturated carbocycles. The quantitative estimate of drug-likeness (QED) is 0.0197. The Morgan fingerprint density at radius 3 is 1.11 bits per heavy atom. The number of hydrogen-bond donors (Lipinski definition) is 2. The lowest BCUT2D eigenvalue weighted by Crippen LogP contribution is -2.30. The van der Waals surface area contributed by atoms with Gasteiger partial charge in [0, 0.05) is 19.3 Å². The van der Waals surface area contributed by atoms with Crippen LogP contribution < -0.4 is 0 Å². The number of carbonyl (C=O) groups excluding carboxylic acids is 3. The fraction of sp³-hybridized carbons (Fsp3) is 0.578. The van der Waals surface area contributed by atoms with Gasteiger partial charge in [0.1, 0.15) is 12.7 Å². The Kier molecular flexibility index (Phi) is 53.1. The highest BCUT2D eigenvalue weighted by Crippen LogP contribution is 2.43. The van der Waals surface area contributed by atoms with Crippen molar-refractivity contribution in [3.63, 3.8) is 0 Å². The average molecular weight is 1080 g/mol. The Morgan fingerprint density at radius 1 is 0.382 bits per heavy atom. The summed E-state index contributed by atoms with van der Waals surface area (Å²) in [6.07, 6.45) is 72.7. The highest BCUT2D eigenvalue weighted by atomic mass is 31.2. The molecule has 0 aromatic rings. The molecular formula is C64H101O11P. The second kappa shape index (κ2) is 56.6. The Hall–Kier alpha value is -4.64. The first-order valence-corrected chi connectivity index (χ1v) is 30.2. The van der Waals surface area contributed by atoms with E-state index in [2.05, 4.69) is 136 Å². The van der Waals surface area contributed by atoms with Crippen LogP contribution in [0.4, 0.5) is 0 Å². The minimum absolute atomic E-state index is 0.0271. The lowest BCUT2D eigenvalue weighted by atomic mass is 10.1. The maximum Gasteiger partial charge on any atom is 0.472 e. The minimum Gasteiger partial charge on any atom is -0.462 e. The number of phosphoric ester groups is 1. The van der Waals surface area contributed by atoms with Crippen molar-refractivity contribution in [1.82, 2.24) is 0 Å². The van der Waals surface area contributed by atoms with Gasteiger partial charge in [0.25, 0.3) is 0 Å². The maximum absolute atomic E-state index is 12.9. The number of rotatable bonds is 51. The topological polar surface area (TPSA) is 155 Å². The Labute approximate surface area is 461 Å². The molecule has 0 aliphatic rings. The third kappa shape index (κ3) is 54.2. The summed E-state index contributed by atoms with van der Waals surface area (Å²) < 4.78 is 39.3. The number of esters is 3. The molecule has 0 aromatic carbocycles. The molecule has 0 bridgehead atoms. The van der Waals surface area contributed by atoms with Gasteiger partial charge in [-0.15, -0.1) is 0 Å². The third-order valence-corrected chi connectivity index (χ3v) is 12.2. The van der Waals surface area contributed by atoms with E-state index < -0.39 is 57.8 Å². The van der Waals surface area contributed by atoms with Gasteiger partial charge in [0.2, 0.25) is 0 Å². The van der Waals surface area contributed by atoms with E-state index in [0.717, 1.165) is 96.3 Å². The number of aliphatic hydroxyl groups excluding tert-OH is 1. The van der Waals surface area contributed by atoms with Crippen molar-refractivity contribution >= 4 is 25.7 Å². The molecule has 0 heterocycles. The van der Waals surface area contributed by atoms with Crippen LogP contribution in [-0.2, 0) is 42.2 Å². The fourth-order valence-corrected chi connectivity index (χ4v) is 7.74. The van der Waals surface area contributed by atoms with E-state index in [9.17, 15) is 28.9 Å². The van der Waals surface area contributed by atoms with E-state index >= 15 is 0 Å². The maximum atomic E-state index is 12.9. The van der Waals surface area contributed by atoms with Gasteiger partial charge < -0.3 is 24.2 Å². The second-order valence-corrected chi connectivity index (χ2v) is 19.8. The van der Waals surface area contributed by atoms with Crippen LogP contribution in [0.2, 0.25) is 0 Å². The second-order valence-electron chi connectivity index (χ2n) is 18.3. The van der Waals surface area contributed by atoms with Crippen LogP contribution in [0.5, 0.6) is 0 Å². The molecule has 0 aliphatic heterocycles. The lowest BCUT2D eigenvalue weighted by molar-refractivity contribution is -0.161. The highest BCUT2D eigenvalue weighted by molar-refractivity contribution is 7.47. The monoisotopic (exact) mass is 1080 g/mol. The van der Waals surface area contributed by atoms with Crippen LogP contribution in [0.3, 0.4) is 0 Å². The van der Waals surface area contributed by atoms with Gasteiger partial charge in [-0.1, -0.05) is 212 Å². The molecule has 12 heteroatoms. The molecule has 2 N–H and O–H groups in total. The lowest BCUT2D eigenvalue weighted by Gasteiger charge is -2.21. The van der Waals surface area contributed by atoms with Crippen molar-refractivity contribution in [1.29, 1.82) is 0 Å². The normalized spacial score (nSPS) is 14.4. The summed E-state index contributed by atoms with van der Waals surface area (Å²) in [6.45, 7) is 4.19. The molecule has 0 aromatic heterocycles. The molecule has 428 valence electrons. The van der Waals surface area contributed by atoms with E-state index in [1.807, 2.05) is 30.4 Å². The van der Waals surface area contributed by atoms with Gasteiger partial charge in [-0.05, 0) is 116 Å². The fourth-order valence-electron chi connectivity index (χ4n) is 6.95. The van der Waals surface area contributed by atoms with Crippen molar-refractivity contribution in [2.45, 2.75) is 213 Å². The molecule has 0 aliphatic carbocycles. The minimum atomic E-state index is -4.80. The summed E-state index contributed by atoms with van der Waals surface area (Å²) in [5.41, 5.74) is 0. The number of hydrogen-bond acceptors (Lipinski definition) is 10. The predicted molar refractivity (Wildman–Crippen MR) is 316 cm³/mol. The first-order valence-electron chi connectivity index (χ1n) is 28.7. The molecule has 3 unspecified atom stereocenters. The molecule has 0 rings (SSSR count). The summed E-state index contributed by atoms with van der Waals surface area (Å²) in [7, 11) is -4.80. The van der Waals surface area contributed by atoms with Crippen LogP contribution >= 0.6 is 7.82 Å². The zero-order valence-electron chi connectivity index (χ0n) is 47.2. The molecule has 0 saturated heterocycles.